The summed E-state index contributed by atoms with van der Waals surface area (Å²) in [5.41, 5.74) is 0. The normalized spacial score (nSPS) is 8.77. The standard InChI is InChI=1S/6C10H21NS2.Mo.6OS/c6*1-2-3-4-5-6-7-8-9-11-10(12)13;;6*1-2/h6*2-9H2,1H3,(H2,11,12,13);;;;;;;/p-6. The molecule has 6 N–H and O–H groups in total. The number of unbranched alkanes of at least 4 members (excludes halogenated alkanes) is 36. The molecule has 0 bridgehead atoms. The van der Waals surface area contributed by atoms with Gasteiger partial charge in [-0.3, -0.25) is 0 Å². The summed E-state index contributed by atoms with van der Waals surface area (Å²) in [6, 6.07) is 0. The van der Waals surface area contributed by atoms with E-state index in [1.54, 1.807) is 0 Å². The van der Waals surface area contributed by atoms with Crippen LogP contribution in [0.2, 0.25) is 0 Å². The molecule has 0 fully saturated rings. The van der Waals surface area contributed by atoms with Crippen molar-refractivity contribution < 1.29 is 46.3 Å². The Morgan fingerprint density at radius 2 is 0.264 bits per heavy atom. The van der Waals surface area contributed by atoms with Crippen molar-refractivity contribution in [3.05, 3.63) is 0 Å². The van der Waals surface area contributed by atoms with Crippen molar-refractivity contribution in [2.75, 3.05) is 39.3 Å². The van der Waals surface area contributed by atoms with E-state index in [0.29, 0.717) is 25.9 Å². The molecule has 91 heavy (non-hydrogen) atoms. The Morgan fingerprint density at radius 1 is 0.187 bits per heavy atom. The van der Waals surface area contributed by atoms with Gasteiger partial charge in [-0.15, -0.1) is 0 Å². The van der Waals surface area contributed by atoms with E-state index >= 15 is 0 Å². The first kappa shape index (κ1) is 123. The van der Waals surface area contributed by atoms with Gasteiger partial charge in [0.1, 0.15) is 0 Å². The van der Waals surface area contributed by atoms with Crippen LogP contribution in [0, 0.1) is 0 Å². The van der Waals surface area contributed by atoms with Crippen LogP contribution in [0.4, 0.5) is 0 Å². The van der Waals surface area contributed by atoms with Gasteiger partial charge in [0.2, 0.25) is 0 Å². The molecule has 546 valence electrons. The minimum atomic E-state index is 0. The Morgan fingerprint density at radius 3 is 0.341 bits per heavy atom. The molecule has 0 atom stereocenters. The Hall–Kier alpha value is 1.47. The number of hydrogen-bond acceptors (Lipinski definition) is 24. The topological polar surface area (TPSA) is 175 Å². The second kappa shape index (κ2) is 139. The summed E-state index contributed by atoms with van der Waals surface area (Å²) in [5, 5.41) is 18.0. The zero-order valence-electron chi connectivity index (χ0n) is 56.1. The van der Waals surface area contributed by atoms with E-state index in [1.165, 1.54) is 270 Å². The van der Waals surface area contributed by atoms with Crippen LogP contribution in [-0.4, -0.2) is 90.4 Å². The first-order valence-corrected chi connectivity index (χ1v) is 39.2. The molecule has 0 aliphatic heterocycles. The van der Waals surface area contributed by atoms with Gasteiger partial charge in [0, 0.05) is 60.3 Å². The molecule has 0 heterocycles. The predicted molar refractivity (Wildman–Crippen MR) is 445 cm³/mol. The van der Waals surface area contributed by atoms with Crippen LogP contribution in [0.15, 0.2) is 0 Å². The second-order valence-corrected chi connectivity index (χ2v) is 26.5. The van der Waals surface area contributed by atoms with Crippen LogP contribution in [0.3, 0.4) is 0 Å². The summed E-state index contributed by atoms with van der Waals surface area (Å²) >= 11 is 73.8. The predicted octanol–water partition coefficient (Wildman–Crippen LogP) is 16.9. The molecule has 0 radical (unpaired) electrons. The van der Waals surface area contributed by atoms with Gasteiger partial charge in [-0.25, -0.2) is 0 Å². The van der Waals surface area contributed by atoms with E-state index in [0.717, 1.165) is 39.3 Å². The van der Waals surface area contributed by atoms with Gasteiger partial charge in [-0.1, -0.05) is 299 Å². The summed E-state index contributed by atoms with van der Waals surface area (Å²) in [7, 11) is 0. The van der Waals surface area contributed by atoms with E-state index in [-0.39, 0.29) is 21.1 Å². The fraction of sp³-hybridized carbons (Fsp3) is 0.900. The zero-order chi connectivity index (χ0) is 71.6. The van der Waals surface area contributed by atoms with E-state index in [1.807, 2.05) is 0 Å². The molecule has 0 rings (SSSR count). The van der Waals surface area contributed by atoms with Crippen molar-refractivity contribution in [3.63, 3.8) is 0 Å². The van der Waals surface area contributed by atoms with Gasteiger partial charge in [0.05, 0.1) is 0 Å². The third kappa shape index (κ3) is 194. The van der Waals surface area contributed by atoms with Gasteiger partial charge in [0.25, 0.3) is 0 Å². The third-order valence-electron chi connectivity index (χ3n) is 12.3. The van der Waals surface area contributed by atoms with Gasteiger partial charge in [0.15, 0.2) is 75.2 Å². The maximum Gasteiger partial charge on any atom is 0.197 e. The molecule has 31 heteroatoms. The minimum absolute atomic E-state index is 0. The van der Waals surface area contributed by atoms with Gasteiger partial charge in [-0.2, -0.15) is 25.3 Å². The molecule has 12 nitrogen and oxygen atoms in total. The van der Waals surface area contributed by atoms with Crippen LogP contribution >= 0.6 is 73.3 Å². The van der Waals surface area contributed by atoms with E-state index in [9.17, 15) is 0 Å². The molecule has 0 saturated carbocycles. The quantitative estimate of drug-likeness (QED) is 0.0147. The molecular formula is C60H120MoN6O6S18-6. The van der Waals surface area contributed by atoms with Crippen molar-refractivity contribution >= 4 is 250 Å². The second-order valence-electron chi connectivity index (χ2n) is 20.0. The van der Waals surface area contributed by atoms with E-state index in [4.69, 9.17) is 174 Å². The minimum Gasteiger partial charge on any atom is -0.412 e. The largest absolute Gasteiger partial charge is 0.412 e. The molecule has 0 spiro atoms. The van der Waals surface area contributed by atoms with Gasteiger partial charge in [-0.05, 0) is 38.5 Å². The average molecular weight is 1690 g/mol. The number of nitrogens with one attached hydrogen (secondary N) is 6. The van der Waals surface area contributed by atoms with Crippen LogP contribution < -0.4 is 31.9 Å². The Bertz CT molecular complexity index is 1120. The maximum absolute atomic E-state index is 7.83. The van der Waals surface area contributed by atoms with Crippen molar-refractivity contribution in [1.82, 2.24) is 31.9 Å². The maximum atomic E-state index is 7.83. The Kier molecular flexibility index (Phi) is 187. The van der Waals surface area contributed by atoms with E-state index < -0.39 is 0 Å². The van der Waals surface area contributed by atoms with Gasteiger partial charge >= 0.3 is 0 Å². The van der Waals surface area contributed by atoms with Crippen molar-refractivity contribution in [1.29, 1.82) is 0 Å². The first-order valence-electron chi connectivity index (χ1n) is 32.3. The van der Waals surface area contributed by atoms with E-state index in [2.05, 4.69) is 149 Å². The molecule has 0 aliphatic rings. The molecule has 0 amide bonds. The molecule has 0 aromatic heterocycles. The van der Waals surface area contributed by atoms with Crippen LogP contribution in [0.5, 0.6) is 0 Å². The summed E-state index contributed by atoms with van der Waals surface area (Å²) in [5.74, 6) is 0. The SMILES string of the molecule is CCCCCCCCCNC(=S)[S-].CCCCCCCCCNC(=S)[S-].CCCCCCCCCNC(=S)[S-].CCCCCCCCCNC(=S)[S-].CCCCCCCCCNC(=S)[S-].CCCCCCCCCNC(=S)[S-].O=S.O=S.O=S.O=S.O=S.O=S.[Mo]. The average Bonchev–Trinajstić information content (AvgIpc) is 3.54. The molecule has 0 aromatic rings. The first-order chi connectivity index (χ1) is 43.6. The zero-order valence-corrected chi connectivity index (χ0v) is 72.9. The van der Waals surface area contributed by atoms with Crippen LogP contribution in [0.25, 0.3) is 0 Å². The third-order valence-corrected chi connectivity index (χ3v) is 14.0. The molecule has 0 saturated heterocycles. The van der Waals surface area contributed by atoms with Crippen LogP contribution in [-0.2, 0) is 172 Å². The fourth-order valence-corrected chi connectivity index (χ4v) is 8.86. The molecule has 0 aromatic carbocycles. The Labute approximate surface area is 671 Å². The fourth-order valence-electron chi connectivity index (χ4n) is 7.64. The smallest absolute Gasteiger partial charge is 0.197 e. The summed E-state index contributed by atoms with van der Waals surface area (Å²) < 4.78 is 50.0. The van der Waals surface area contributed by atoms with Crippen molar-refractivity contribution in [2.45, 2.75) is 311 Å². The summed E-state index contributed by atoms with van der Waals surface area (Å²) in [6.07, 6.45) is 56.0. The Balaban J connectivity index is -0.0000000702. The summed E-state index contributed by atoms with van der Waals surface area (Å²) in [4.78, 5) is 0. The number of rotatable bonds is 48. The number of hydrogen-bond donors (Lipinski definition) is 6. The van der Waals surface area contributed by atoms with Gasteiger partial charge < -0.3 is 181 Å². The van der Waals surface area contributed by atoms with Crippen molar-refractivity contribution in [2.24, 2.45) is 0 Å². The molecular weight excluding hydrogens is 1570 g/mol. The van der Waals surface area contributed by atoms with Crippen LogP contribution in [0.1, 0.15) is 311 Å². The number of thiocarbonyl (C=S) groups is 6. The monoisotopic (exact) mass is 1690 g/mol. The van der Waals surface area contributed by atoms with Crippen molar-refractivity contribution in [3.8, 4) is 0 Å². The molecule has 0 unspecified atom stereocenters. The molecule has 0 aliphatic carbocycles. The summed E-state index contributed by atoms with van der Waals surface area (Å²) in [6.45, 7) is 19.2.